The molecule has 0 fully saturated rings. The maximum Gasteiger partial charge on any atom is 0.230 e. The van der Waals surface area contributed by atoms with Crippen LogP contribution in [0.25, 0.3) is 10.8 Å². The summed E-state index contributed by atoms with van der Waals surface area (Å²) in [6.45, 7) is 3.35. The van der Waals surface area contributed by atoms with E-state index in [-0.39, 0.29) is 11.9 Å². The van der Waals surface area contributed by atoms with Crippen molar-refractivity contribution in [2.75, 3.05) is 19.0 Å². The topological polar surface area (TPSA) is 47.6 Å². The molecule has 0 aliphatic carbocycles. The molecule has 4 nitrogen and oxygen atoms in total. The smallest absolute Gasteiger partial charge is 0.230 e. The van der Waals surface area contributed by atoms with E-state index in [1.807, 2.05) is 37.3 Å². The van der Waals surface area contributed by atoms with Crippen LogP contribution in [0.3, 0.4) is 0 Å². The Hall–Kier alpha value is -2.66. The number of thioether (sulfide) groups is 1. The fraction of sp³-hybridized carbons (Fsp3) is 0.261. The summed E-state index contributed by atoms with van der Waals surface area (Å²) in [4.78, 5) is 13.4. The predicted molar refractivity (Wildman–Crippen MR) is 113 cm³/mol. The number of hydrogen-bond donors (Lipinski definition) is 1. The molecular weight excluding hydrogens is 370 g/mol. The molecule has 3 aromatic carbocycles. The third kappa shape index (κ3) is 4.42. The number of benzene rings is 3. The summed E-state index contributed by atoms with van der Waals surface area (Å²) in [6, 6.07) is 20.3. The Bertz CT molecular complexity index is 988. The molecule has 3 aromatic rings. The Morgan fingerprint density at radius 3 is 2.64 bits per heavy atom. The lowest BCUT2D eigenvalue weighted by atomic mass is 10.0. The van der Waals surface area contributed by atoms with Crippen molar-refractivity contribution >= 4 is 28.4 Å². The zero-order valence-corrected chi connectivity index (χ0v) is 16.6. The van der Waals surface area contributed by atoms with Crippen LogP contribution in [0.4, 0.5) is 0 Å². The van der Waals surface area contributed by atoms with Crippen LogP contribution in [0.15, 0.2) is 65.6 Å². The van der Waals surface area contributed by atoms with Gasteiger partial charge in [-0.25, -0.2) is 0 Å². The average molecular weight is 394 g/mol. The number of amides is 1. The van der Waals surface area contributed by atoms with E-state index in [1.54, 1.807) is 0 Å². The number of carbonyl (C=O) groups excluding carboxylic acids is 1. The number of fused-ring (bicyclic) bond motifs is 2. The van der Waals surface area contributed by atoms with Crippen molar-refractivity contribution in [2.24, 2.45) is 0 Å². The van der Waals surface area contributed by atoms with E-state index in [1.165, 1.54) is 22.5 Å². The van der Waals surface area contributed by atoms with Crippen LogP contribution < -0.4 is 14.8 Å². The molecule has 0 aromatic heterocycles. The van der Waals surface area contributed by atoms with Crippen molar-refractivity contribution in [3.05, 3.63) is 66.2 Å². The van der Waals surface area contributed by atoms with Gasteiger partial charge in [0.25, 0.3) is 0 Å². The number of rotatable bonds is 5. The molecule has 1 heterocycles. The van der Waals surface area contributed by atoms with Crippen LogP contribution in [0.5, 0.6) is 11.5 Å². The van der Waals surface area contributed by atoms with Gasteiger partial charge in [0.2, 0.25) is 5.91 Å². The molecule has 0 unspecified atom stereocenters. The minimum absolute atomic E-state index is 0.0118. The summed E-state index contributed by atoms with van der Waals surface area (Å²) in [5.74, 6) is 1.90. The highest BCUT2D eigenvalue weighted by Crippen LogP contribution is 2.33. The standard InChI is InChI=1S/C23H23NO3S/c1-16(18-8-7-17-5-2-3-6-19(17)13-18)24-23(25)15-28-20-9-10-21-22(14-20)27-12-4-11-26-21/h2-3,5-10,13-14,16H,4,11-12,15H2,1H3,(H,24,25)/t16-/m1/s1. The van der Waals surface area contributed by atoms with Gasteiger partial charge in [-0.15, -0.1) is 11.8 Å². The molecule has 5 heteroatoms. The largest absolute Gasteiger partial charge is 0.490 e. The fourth-order valence-electron chi connectivity index (χ4n) is 3.23. The van der Waals surface area contributed by atoms with E-state index in [0.29, 0.717) is 19.0 Å². The molecule has 28 heavy (non-hydrogen) atoms. The van der Waals surface area contributed by atoms with Gasteiger partial charge in [-0.05, 0) is 47.5 Å². The SMILES string of the molecule is C[C@@H](NC(=O)CSc1ccc2c(c1)OCCCO2)c1ccc2ccccc2c1. The van der Waals surface area contributed by atoms with Crippen molar-refractivity contribution < 1.29 is 14.3 Å². The van der Waals surface area contributed by atoms with Crippen LogP contribution in [-0.2, 0) is 4.79 Å². The van der Waals surface area contributed by atoms with E-state index >= 15 is 0 Å². The highest BCUT2D eigenvalue weighted by molar-refractivity contribution is 8.00. The second-order valence-electron chi connectivity index (χ2n) is 6.84. The van der Waals surface area contributed by atoms with Gasteiger partial charge < -0.3 is 14.8 Å². The second-order valence-corrected chi connectivity index (χ2v) is 7.89. The minimum Gasteiger partial charge on any atom is -0.490 e. The Morgan fingerprint density at radius 2 is 1.79 bits per heavy atom. The van der Waals surface area contributed by atoms with Crippen molar-refractivity contribution in [1.82, 2.24) is 5.32 Å². The van der Waals surface area contributed by atoms with Gasteiger partial charge >= 0.3 is 0 Å². The van der Waals surface area contributed by atoms with Crippen LogP contribution >= 0.6 is 11.8 Å². The summed E-state index contributed by atoms with van der Waals surface area (Å²) >= 11 is 1.50. The monoisotopic (exact) mass is 393 g/mol. The molecule has 0 spiro atoms. The fourth-order valence-corrected chi connectivity index (χ4v) is 3.96. The lowest BCUT2D eigenvalue weighted by molar-refractivity contribution is -0.119. The Balaban J connectivity index is 1.35. The first-order valence-corrected chi connectivity index (χ1v) is 10.5. The van der Waals surface area contributed by atoms with Crippen LogP contribution in [-0.4, -0.2) is 24.9 Å². The molecule has 0 bridgehead atoms. The highest BCUT2D eigenvalue weighted by Gasteiger charge is 2.13. The van der Waals surface area contributed by atoms with E-state index in [9.17, 15) is 4.79 Å². The first-order valence-electron chi connectivity index (χ1n) is 9.49. The van der Waals surface area contributed by atoms with Gasteiger partial charge in [0.15, 0.2) is 11.5 Å². The molecule has 144 valence electrons. The van der Waals surface area contributed by atoms with Crippen molar-refractivity contribution in [3.8, 4) is 11.5 Å². The summed E-state index contributed by atoms with van der Waals surface area (Å²) in [5.41, 5.74) is 1.10. The highest BCUT2D eigenvalue weighted by atomic mass is 32.2. The third-order valence-electron chi connectivity index (χ3n) is 4.74. The van der Waals surface area contributed by atoms with Gasteiger partial charge in [0.05, 0.1) is 25.0 Å². The summed E-state index contributed by atoms with van der Waals surface area (Å²) < 4.78 is 11.4. The van der Waals surface area contributed by atoms with Crippen molar-refractivity contribution in [1.29, 1.82) is 0 Å². The molecular formula is C23H23NO3S. The zero-order valence-electron chi connectivity index (χ0n) is 15.8. The van der Waals surface area contributed by atoms with Crippen molar-refractivity contribution in [2.45, 2.75) is 24.3 Å². The maximum atomic E-state index is 12.4. The predicted octanol–water partition coefficient (Wildman–Crippen LogP) is 4.97. The average Bonchev–Trinajstić information content (AvgIpc) is 2.97. The molecule has 1 N–H and O–H groups in total. The zero-order chi connectivity index (χ0) is 19.3. The number of carbonyl (C=O) groups is 1. The van der Waals surface area contributed by atoms with Gasteiger partial charge in [-0.1, -0.05) is 36.4 Å². The van der Waals surface area contributed by atoms with Gasteiger partial charge in [0, 0.05) is 11.3 Å². The summed E-state index contributed by atoms with van der Waals surface area (Å²) in [5, 5.41) is 5.47. The van der Waals surface area contributed by atoms with Gasteiger partial charge in [-0.2, -0.15) is 0 Å². The molecule has 4 rings (SSSR count). The first kappa shape index (κ1) is 18.7. The molecule has 0 saturated heterocycles. The minimum atomic E-state index is -0.0403. The normalized spacial score (nSPS) is 14.3. The van der Waals surface area contributed by atoms with Crippen LogP contribution in [0.2, 0.25) is 0 Å². The lowest BCUT2D eigenvalue weighted by Gasteiger charge is -2.15. The molecule has 1 aliphatic heterocycles. The number of nitrogens with one attached hydrogen (secondary N) is 1. The quantitative estimate of drug-likeness (QED) is 0.622. The van der Waals surface area contributed by atoms with Crippen LogP contribution in [0, 0.1) is 0 Å². The Labute approximate surface area is 169 Å². The molecule has 1 atom stereocenters. The molecule has 1 amide bonds. The van der Waals surface area contributed by atoms with Gasteiger partial charge in [0.1, 0.15) is 0 Å². The Morgan fingerprint density at radius 1 is 1.00 bits per heavy atom. The summed E-state index contributed by atoms with van der Waals surface area (Å²) in [7, 11) is 0. The molecule has 0 saturated carbocycles. The van der Waals surface area contributed by atoms with E-state index < -0.39 is 0 Å². The Kier molecular flexibility index (Phi) is 5.72. The van der Waals surface area contributed by atoms with Crippen molar-refractivity contribution in [3.63, 3.8) is 0 Å². The summed E-state index contributed by atoms with van der Waals surface area (Å²) in [6.07, 6.45) is 0.881. The third-order valence-corrected chi connectivity index (χ3v) is 5.73. The lowest BCUT2D eigenvalue weighted by Crippen LogP contribution is -2.28. The van der Waals surface area contributed by atoms with E-state index in [2.05, 4.69) is 35.6 Å². The van der Waals surface area contributed by atoms with E-state index in [4.69, 9.17) is 9.47 Å². The number of ether oxygens (including phenoxy) is 2. The molecule has 1 aliphatic rings. The van der Waals surface area contributed by atoms with Crippen LogP contribution in [0.1, 0.15) is 24.9 Å². The second kappa shape index (κ2) is 8.57. The van der Waals surface area contributed by atoms with Gasteiger partial charge in [-0.3, -0.25) is 4.79 Å². The molecule has 0 radical (unpaired) electrons. The first-order chi connectivity index (χ1) is 13.7. The maximum absolute atomic E-state index is 12.4. The van der Waals surface area contributed by atoms with E-state index in [0.717, 1.165) is 28.4 Å². The number of hydrogen-bond acceptors (Lipinski definition) is 4.